The Bertz CT molecular complexity index is 3380. The minimum atomic E-state index is -6.24. The topological polar surface area (TPSA) is 326 Å². The van der Waals surface area contributed by atoms with Crippen molar-refractivity contribution in [1.29, 1.82) is 0 Å². The van der Waals surface area contributed by atoms with Crippen molar-refractivity contribution in [1.82, 2.24) is 39.9 Å². The summed E-state index contributed by atoms with van der Waals surface area (Å²) in [5, 5.41) is -1.17. The van der Waals surface area contributed by atoms with Crippen LogP contribution in [-0.4, -0.2) is 91.8 Å². The van der Waals surface area contributed by atoms with E-state index in [9.17, 15) is 51.9 Å². The zero-order valence-electron chi connectivity index (χ0n) is 27.6. The SMILES string of the molecule is O=S(=O)(O)c1c(S(=O)(=O)O)c(S(=O)(=O)O)c2c3nc4nc(nc5[nH]c(nc6nc(nc([nH]3)c2c1S(=O)(=O)O)-c1ccccc1-6)c1ccccc51)-c1ccccc1-4.[Pd]. The third-order valence-corrected chi connectivity index (χ3v) is 12.9. The number of hydrogen-bond acceptors (Lipinski definition) is 14. The number of rotatable bonds is 4. The van der Waals surface area contributed by atoms with Gasteiger partial charge in [-0.3, -0.25) is 18.2 Å². The second-order valence-corrected chi connectivity index (χ2v) is 17.6. The normalized spacial score (nSPS) is 13.0. The van der Waals surface area contributed by atoms with E-state index in [2.05, 4.69) is 29.9 Å². The average Bonchev–Trinajstić information content (AvgIpc) is 3.84. The molecular weight excluding hydrogens is 923 g/mol. The number of aromatic amines is 2. The monoisotopic (exact) mass is 940 g/mol. The third-order valence-electron chi connectivity index (χ3n) is 8.85. The second kappa shape index (κ2) is 12.8. The van der Waals surface area contributed by atoms with Crippen molar-refractivity contribution in [2.45, 2.75) is 19.6 Å². The quantitative estimate of drug-likeness (QED) is 0.108. The van der Waals surface area contributed by atoms with E-state index >= 15 is 0 Å². The van der Waals surface area contributed by atoms with Gasteiger partial charge in [0.15, 0.2) is 23.3 Å². The van der Waals surface area contributed by atoms with Gasteiger partial charge in [0.1, 0.15) is 42.2 Å². The van der Waals surface area contributed by atoms with Crippen LogP contribution in [0.25, 0.3) is 89.7 Å². The number of nitrogens with zero attached hydrogens (tertiary/aromatic N) is 6. The molecule has 0 amide bonds. The number of fused-ring (bicyclic) bond motifs is 20. The molecule has 0 radical (unpaired) electrons. The van der Waals surface area contributed by atoms with E-state index in [1.807, 2.05) is 0 Å². The van der Waals surface area contributed by atoms with Crippen molar-refractivity contribution in [2.24, 2.45) is 0 Å². The minimum Gasteiger partial charge on any atom is -0.324 e. The molecule has 4 aromatic carbocycles. The number of benzene rings is 4. The summed E-state index contributed by atoms with van der Waals surface area (Å²) in [6.07, 6.45) is 0. The third kappa shape index (κ3) is 6.12. The van der Waals surface area contributed by atoms with E-state index in [1.54, 1.807) is 60.7 Å². The van der Waals surface area contributed by atoms with Crippen LogP contribution in [0.3, 0.4) is 0 Å². The molecule has 3 aromatic heterocycles. The standard InChI is InChI=1S/C32H18N8O12S4.Pd/c41-53(42,43)21-19-20(22(54(44,45)46)24(56(50,51)52)23(21)55(47,48)49)32-39-30-18-12-6-4-10-16(18)28(37-30)35-26-14-8-2-1-7-13(14)25(33-26)34-27-15-9-3-5-11-17(15)29(36-27)38-31(19)40-32;/h1-12H,(H,41,42,43)(H,44,45,46)(H,47,48,49)(H,50,51,52)(H2,33,34,35,36,37,38,39,40);. The van der Waals surface area contributed by atoms with E-state index in [0.29, 0.717) is 33.2 Å². The van der Waals surface area contributed by atoms with Gasteiger partial charge in [-0.15, -0.1) is 0 Å². The summed E-state index contributed by atoms with van der Waals surface area (Å²) in [6.45, 7) is 0. The molecule has 292 valence electrons. The number of nitrogens with one attached hydrogen (secondary N) is 2. The van der Waals surface area contributed by atoms with Crippen LogP contribution in [0.4, 0.5) is 0 Å². The van der Waals surface area contributed by atoms with Crippen LogP contribution in [0.5, 0.6) is 0 Å². The molecule has 0 atom stereocenters. The molecule has 8 bridgehead atoms. The molecule has 2 aliphatic heterocycles. The van der Waals surface area contributed by atoms with Gasteiger partial charge in [-0.25, -0.2) is 29.9 Å². The van der Waals surface area contributed by atoms with E-state index in [-0.39, 0.29) is 54.8 Å². The van der Waals surface area contributed by atoms with E-state index in [0.717, 1.165) is 0 Å². The fourth-order valence-corrected chi connectivity index (χ4v) is 11.7. The fraction of sp³-hybridized carbons (Fsp3) is 0. The Kier molecular flexibility index (Phi) is 8.61. The predicted molar refractivity (Wildman–Crippen MR) is 195 cm³/mol. The Hall–Kier alpha value is -5.46. The number of H-pyrrole nitrogens is 2. The number of hydrogen-bond donors (Lipinski definition) is 6. The first-order chi connectivity index (χ1) is 26.3. The largest absolute Gasteiger partial charge is 0.324 e. The molecular formula is C32H18N8O12PdS4. The van der Waals surface area contributed by atoms with Gasteiger partial charge in [0, 0.05) is 53.4 Å². The van der Waals surface area contributed by atoms with Gasteiger partial charge in [-0.05, 0) is 0 Å². The molecule has 9 rings (SSSR count). The van der Waals surface area contributed by atoms with Crippen LogP contribution in [-0.2, 0) is 60.9 Å². The van der Waals surface area contributed by atoms with Gasteiger partial charge in [-0.1, -0.05) is 72.8 Å². The molecule has 6 N–H and O–H groups in total. The molecule has 0 saturated carbocycles. The average molecular weight is 941 g/mol. The Morgan fingerprint density at radius 2 is 0.632 bits per heavy atom. The van der Waals surface area contributed by atoms with Crippen LogP contribution in [0, 0.1) is 0 Å². The van der Waals surface area contributed by atoms with E-state index in [1.165, 1.54) is 12.1 Å². The first-order valence-electron chi connectivity index (χ1n) is 15.5. The Morgan fingerprint density at radius 3 is 0.930 bits per heavy atom. The molecule has 2 aliphatic rings. The van der Waals surface area contributed by atoms with Crippen molar-refractivity contribution < 1.29 is 72.3 Å². The van der Waals surface area contributed by atoms with E-state index in [4.69, 9.17) is 9.97 Å². The zero-order valence-corrected chi connectivity index (χ0v) is 32.4. The summed E-state index contributed by atoms with van der Waals surface area (Å²) in [5.74, 6) is -0.428. The summed E-state index contributed by atoms with van der Waals surface area (Å²) in [4.78, 5) is 24.5. The first kappa shape index (κ1) is 38.4. The van der Waals surface area contributed by atoms with Gasteiger partial charge >= 0.3 is 0 Å². The molecule has 25 heteroatoms. The summed E-state index contributed by atoms with van der Waals surface area (Å²) in [6, 6.07) is 19.9. The van der Waals surface area contributed by atoms with Crippen LogP contribution in [0.2, 0.25) is 0 Å². The minimum absolute atomic E-state index is 0. The smallest absolute Gasteiger partial charge is 0.297 e. The fourth-order valence-electron chi connectivity index (χ4n) is 6.75. The summed E-state index contributed by atoms with van der Waals surface area (Å²) < 4.78 is 146. The molecule has 5 heterocycles. The molecule has 0 fully saturated rings. The maximum Gasteiger partial charge on any atom is 0.297 e. The van der Waals surface area contributed by atoms with Crippen molar-refractivity contribution in [2.75, 3.05) is 0 Å². The zero-order chi connectivity index (χ0) is 39.7. The van der Waals surface area contributed by atoms with Gasteiger partial charge in [0.2, 0.25) is 0 Å². The number of aromatic nitrogens is 8. The Labute approximate surface area is 332 Å². The van der Waals surface area contributed by atoms with Crippen LogP contribution in [0.15, 0.2) is 92.4 Å². The molecule has 0 spiro atoms. The second-order valence-electron chi connectivity index (χ2n) is 12.2. The van der Waals surface area contributed by atoms with Crippen molar-refractivity contribution >= 4 is 84.6 Å². The summed E-state index contributed by atoms with van der Waals surface area (Å²) in [5.41, 5.74) is 0.187. The molecule has 20 nitrogen and oxygen atoms in total. The molecule has 0 unspecified atom stereocenters. The van der Waals surface area contributed by atoms with Crippen LogP contribution in [0.1, 0.15) is 0 Å². The van der Waals surface area contributed by atoms with Crippen LogP contribution < -0.4 is 0 Å². The molecule has 0 aliphatic carbocycles. The van der Waals surface area contributed by atoms with Crippen LogP contribution >= 0.6 is 0 Å². The maximum atomic E-state index is 13.2. The summed E-state index contributed by atoms with van der Waals surface area (Å²) >= 11 is 0. The Balaban J connectivity index is 0.00000455. The van der Waals surface area contributed by atoms with Gasteiger partial charge in [-0.2, -0.15) is 33.7 Å². The maximum absolute atomic E-state index is 13.2. The Morgan fingerprint density at radius 1 is 0.368 bits per heavy atom. The summed E-state index contributed by atoms with van der Waals surface area (Å²) in [7, 11) is -24.6. The molecule has 0 saturated heterocycles. The van der Waals surface area contributed by atoms with Gasteiger partial charge in [0.05, 0.1) is 10.8 Å². The van der Waals surface area contributed by atoms with E-state index < -0.39 is 82.1 Å². The predicted octanol–water partition coefficient (Wildman–Crippen LogP) is 3.85. The molecule has 7 aromatic rings. The van der Waals surface area contributed by atoms with Gasteiger partial charge in [0.25, 0.3) is 40.5 Å². The van der Waals surface area contributed by atoms with Crippen molar-refractivity contribution in [3.8, 4) is 45.6 Å². The van der Waals surface area contributed by atoms with Crippen molar-refractivity contribution in [3.63, 3.8) is 0 Å². The van der Waals surface area contributed by atoms with Gasteiger partial charge < -0.3 is 9.97 Å². The molecule has 57 heavy (non-hydrogen) atoms. The van der Waals surface area contributed by atoms with Crippen molar-refractivity contribution in [3.05, 3.63) is 72.8 Å². The first-order valence-corrected chi connectivity index (χ1v) is 21.3.